The Morgan fingerprint density at radius 3 is 1.50 bits per heavy atom. The molecule has 0 aromatic heterocycles. The van der Waals surface area contributed by atoms with E-state index < -0.39 is 0 Å². The summed E-state index contributed by atoms with van der Waals surface area (Å²) >= 11 is 0. The first kappa shape index (κ1) is 25.0. The van der Waals surface area contributed by atoms with E-state index in [4.69, 9.17) is 18.9 Å². The number of rotatable bonds is 21. The molecule has 2 aliphatic rings. The van der Waals surface area contributed by atoms with Gasteiger partial charge in [-0.3, -0.25) is 9.59 Å². The molecule has 0 saturated carbocycles. The third kappa shape index (κ3) is 15.6. The van der Waals surface area contributed by atoms with Gasteiger partial charge in [0.1, 0.15) is 12.2 Å². The van der Waals surface area contributed by atoms with Gasteiger partial charge in [0.05, 0.1) is 26.4 Å². The van der Waals surface area contributed by atoms with Gasteiger partial charge in [-0.2, -0.15) is 0 Å². The fourth-order valence-electron chi connectivity index (χ4n) is 2.97. The second-order valence-corrected chi connectivity index (χ2v) is 8.09. The smallest absolute Gasteiger partial charge is 0.219 e. The van der Waals surface area contributed by atoms with Crippen LogP contribution in [0.5, 0.6) is 0 Å². The Morgan fingerprint density at radius 2 is 1.10 bits per heavy atom. The van der Waals surface area contributed by atoms with Crippen molar-refractivity contribution in [3.63, 3.8) is 0 Å². The molecule has 2 heterocycles. The predicted octanol–water partition coefficient (Wildman–Crippen LogP) is 1.95. The Hall–Kier alpha value is -1.22. The third-order valence-electron chi connectivity index (χ3n) is 5.05. The highest BCUT2D eigenvalue weighted by Crippen LogP contribution is 2.09. The van der Waals surface area contributed by atoms with E-state index in [1.807, 2.05) is 0 Å². The van der Waals surface area contributed by atoms with Gasteiger partial charge in [-0.25, -0.2) is 0 Å². The minimum Gasteiger partial charge on any atom is -0.379 e. The lowest BCUT2D eigenvalue weighted by atomic mass is 10.1. The molecule has 2 atom stereocenters. The molecule has 2 amide bonds. The molecule has 8 nitrogen and oxygen atoms in total. The Bertz CT molecular complexity index is 427. The highest BCUT2D eigenvalue weighted by Gasteiger charge is 2.22. The van der Waals surface area contributed by atoms with Crippen molar-refractivity contribution < 1.29 is 28.5 Å². The van der Waals surface area contributed by atoms with Crippen LogP contribution in [0.4, 0.5) is 0 Å². The normalized spacial score (nSPS) is 19.5. The minimum absolute atomic E-state index is 0.119. The summed E-state index contributed by atoms with van der Waals surface area (Å²) in [5, 5.41) is 5.91. The molecular weight excluding hydrogens is 388 g/mol. The number of carbonyl (C=O) groups is 2. The minimum atomic E-state index is 0.119. The van der Waals surface area contributed by atoms with E-state index in [1.54, 1.807) is 0 Å². The summed E-state index contributed by atoms with van der Waals surface area (Å²) in [4.78, 5) is 23.6. The lowest BCUT2D eigenvalue weighted by Gasteiger charge is -2.07. The van der Waals surface area contributed by atoms with Gasteiger partial charge in [0, 0.05) is 39.1 Å². The van der Waals surface area contributed by atoms with Crippen LogP contribution < -0.4 is 10.6 Å². The van der Waals surface area contributed by atoms with Gasteiger partial charge >= 0.3 is 0 Å². The molecule has 0 aromatic carbocycles. The summed E-state index contributed by atoms with van der Waals surface area (Å²) in [7, 11) is 0. The number of carbonyl (C=O) groups excluding carboxylic acids is 2. The number of epoxide rings is 2. The molecule has 30 heavy (non-hydrogen) atoms. The van der Waals surface area contributed by atoms with E-state index in [0.717, 1.165) is 77.8 Å². The van der Waals surface area contributed by atoms with Crippen LogP contribution in [0, 0.1) is 0 Å². The molecule has 2 rings (SSSR count). The molecule has 2 unspecified atom stereocenters. The molecule has 0 spiro atoms. The zero-order valence-corrected chi connectivity index (χ0v) is 18.3. The number of unbranched alkanes of at least 4 members (excludes halogenated alkanes) is 5. The van der Waals surface area contributed by atoms with E-state index in [9.17, 15) is 9.59 Å². The van der Waals surface area contributed by atoms with Crippen molar-refractivity contribution in [2.24, 2.45) is 0 Å². The molecule has 0 bridgehead atoms. The molecule has 8 heteroatoms. The van der Waals surface area contributed by atoms with E-state index in [-0.39, 0.29) is 11.8 Å². The summed E-state index contributed by atoms with van der Waals surface area (Å²) in [5.41, 5.74) is 0. The van der Waals surface area contributed by atoms with E-state index in [1.165, 1.54) is 0 Å². The van der Waals surface area contributed by atoms with E-state index in [2.05, 4.69) is 10.6 Å². The summed E-state index contributed by atoms with van der Waals surface area (Å²) in [6, 6.07) is 0. The summed E-state index contributed by atoms with van der Waals surface area (Å²) in [6.45, 7) is 5.93. The fourth-order valence-corrected chi connectivity index (χ4v) is 2.97. The van der Waals surface area contributed by atoms with Crippen LogP contribution in [-0.2, 0) is 28.5 Å². The van der Waals surface area contributed by atoms with Crippen LogP contribution >= 0.6 is 0 Å². The maximum Gasteiger partial charge on any atom is 0.219 e. The van der Waals surface area contributed by atoms with Gasteiger partial charge in [-0.1, -0.05) is 12.8 Å². The zero-order valence-electron chi connectivity index (χ0n) is 18.3. The standard InChI is InChI=1S/C22H40N2O6/c25-21(23-11-5-7-13-27-15-19-17-29-19)9-3-1-2-4-10-22(26)24-12-6-8-14-28-16-20-18-30-20/h19-20H,1-18H2,(H,23,25)(H,24,26). The summed E-state index contributed by atoms with van der Waals surface area (Å²) in [5.74, 6) is 0.238. The molecule has 174 valence electrons. The Kier molecular flexibility index (Phi) is 13.7. The number of hydrogen-bond acceptors (Lipinski definition) is 6. The number of hydrogen-bond donors (Lipinski definition) is 2. The maximum atomic E-state index is 11.8. The Balaban J connectivity index is 1.24. The first-order valence-corrected chi connectivity index (χ1v) is 11.7. The van der Waals surface area contributed by atoms with Crippen molar-refractivity contribution in [3.05, 3.63) is 0 Å². The molecule has 0 aliphatic carbocycles. The van der Waals surface area contributed by atoms with Gasteiger partial charge in [-0.05, 0) is 38.5 Å². The van der Waals surface area contributed by atoms with Crippen molar-refractivity contribution in [2.45, 2.75) is 76.4 Å². The SMILES string of the molecule is O=C(CCCCCCC(=O)NCCCCOCC1CO1)NCCCCOCC1CO1. The van der Waals surface area contributed by atoms with Gasteiger partial charge in [0.25, 0.3) is 0 Å². The average molecular weight is 429 g/mol. The van der Waals surface area contributed by atoms with E-state index in [0.29, 0.717) is 51.4 Å². The van der Waals surface area contributed by atoms with Gasteiger partial charge < -0.3 is 29.6 Å². The zero-order chi connectivity index (χ0) is 21.3. The summed E-state index contributed by atoms with van der Waals surface area (Å²) in [6.07, 6.45) is 9.30. The second-order valence-electron chi connectivity index (χ2n) is 8.09. The van der Waals surface area contributed by atoms with E-state index >= 15 is 0 Å². The second kappa shape index (κ2) is 16.5. The van der Waals surface area contributed by atoms with Gasteiger partial charge in [0.15, 0.2) is 0 Å². The van der Waals surface area contributed by atoms with Crippen molar-refractivity contribution in [2.75, 3.05) is 52.7 Å². The van der Waals surface area contributed by atoms with Crippen LogP contribution in [-0.4, -0.2) is 76.8 Å². The van der Waals surface area contributed by atoms with Crippen molar-refractivity contribution in [1.82, 2.24) is 10.6 Å². The van der Waals surface area contributed by atoms with Crippen LogP contribution in [0.2, 0.25) is 0 Å². The summed E-state index contributed by atoms with van der Waals surface area (Å²) < 4.78 is 21.1. The Labute approximate surface area is 180 Å². The van der Waals surface area contributed by atoms with Crippen LogP contribution in [0.15, 0.2) is 0 Å². The Morgan fingerprint density at radius 1 is 0.667 bits per heavy atom. The quantitative estimate of drug-likeness (QED) is 0.214. The lowest BCUT2D eigenvalue weighted by molar-refractivity contribution is -0.122. The van der Waals surface area contributed by atoms with Crippen LogP contribution in [0.1, 0.15) is 64.2 Å². The van der Waals surface area contributed by atoms with Crippen molar-refractivity contribution in [3.8, 4) is 0 Å². The molecule has 2 fully saturated rings. The molecule has 2 N–H and O–H groups in total. The van der Waals surface area contributed by atoms with Crippen molar-refractivity contribution >= 4 is 11.8 Å². The van der Waals surface area contributed by atoms with Crippen LogP contribution in [0.25, 0.3) is 0 Å². The molecule has 2 saturated heterocycles. The lowest BCUT2D eigenvalue weighted by Crippen LogP contribution is -2.24. The highest BCUT2D eigenvalue weighted by molar-refractivity contribution is 5.76. The van der Waals surface area contributed by atoms with Gasteiger partial charge in [0.2, 0.25) is 11.8 Å². The number of ether oxygens (including phenoxy) is 4. The first-order chi connectivity index (χ1) is 14.7. The molecule has 2 aliphatic heterocycles. The topological polar surface area (TPSA) is 102 Å². The number of amides is 2. The largest absolute Gasteiger partial charge is 0.379 e. The van der Waals surface area contributed by atoms with Gasteiger partial charge in [-0.15, -0.1) is 0 Å². The monoisotopic (exact) mass is 428 g/mol. The average Bonchev–Trinajstić information content (AvgIpc) is 3.64. The highest BCUT2D eigenvalue weighted by atomic mass is 16.6. The third-order valence-corrected chi connectivity index (χ3v) is 5.05. The molecular formula is C22H40N2O6. The molecule has 0 radical (unpaired) electrons. The van der Waals surface area contributed by atoms with Crippen LogP contribution in [0.3, 0.4) is 0 Å². The van der Waals surface area contributed by atoms with Crippen molar-refractivity contribution in [1.29, 1.82) is 0 Å². The first-order valence-electron chi connectivity index (χ1n) is 11.7. The maximum absolute atomic E-state index is 11.8. The fraction of sp³-hybridized carbons (Fsp3) is 0.909. The predicted molar refractivity (Wildman–Crippen MR) is 113 cm³/mol. The number of nitrogens with one attached hydrogen (secondary N) is 2. The molecule has 0 aromatic rings.